The van der Waals surface area contributed by atoms with Crippen LogP contribution < -0.4 is 9.08 Å². The second-order valence-corrected chi connectivity index (χ2v) is 9.89. The molecular formula is C24H26Cl2N2O5S. The Morgan fingerprint density at radius 3 is 2.32 bits per heavy atom. The van der Waals surface area contributed by atoms with E-state index >= 15 is 0 Å². The van der Waals surface area contributed by atoms with Gasteiger partial charge in [0, 0.05) is 43.9 Å². The molecule has 0 atom stereocenters. The highest BCUT2D eigenvalue weighted by Crippen LogP contribution is 2.32. The fourth-order valence-corrected chi connectivity index (χ4v) is 4.76. The first-order valence-electron chi connectivity index (χ1n) is 10.7. The molecule has 7 nitrogen and oxygen atoms in total. The highest BCUT2D eigenvalue weighted by molar-refractivity contribution is 7.87. The number of rotatable bonds is 10. The lowest BCUT2D eigenvalue weighted by Crippen LogP contribution is -2.28. The van der Waals surface area contributed by atoms with E-state index in [2.05, 4.69) is 4.90 Å². The van der Waals surface area contributed by atoms with Gasteiger partial charge in [0.1, 0.15) is 16.4 Å². The second kappa shape index (κ2) is 11.2. The Labute approximate surface area is 209 Å². The van der Waals surface area contributed by atoms with Crippen LogP contribution in [0.4, 0.5) is 5.69 Å². The minimum absolute atomic E-state index is 0.102. The van der Waals surface area contributed by atoms with Crippen molar-refractivity contribution in [2.45, 2.75) is 38.8 Å². The third kappa shape index (κ3) is 6.25. The monoisotopic (exact) mass is 524 g/mol. The van der Waals surface area contributed by atoms with Crippen molar-refractivity contribution in [3.05, 3.63) is 76.2 Å². The molecule has 3 aromatic rings. The molecule has 0 radical (unpaired) electrons. The van der Waals surface area contributed by atoms with Gasteiger partial charge >= 0.3 is 10.1 Å². The van der Waals surface area contributed by atoms with Gasteiger partial charge in [0.2, 0.25) is 5.91 Å². The Balaban J connectivity index is 2.00. The zero-order chi connectivity index (χ0) is 24.9. The standard InChI is InChI=1S/C24H26Cl2N2O5S/c1-4-27(5-2)19-9-8-18(15-28(17(3)29)16-20-7-6-12-32-20)24(13-19)33-34(30,31)21-10-11-22(25)23(26)14-21/h6-14H,4-5,15-16H2,1-3H3. The largest absolute Gasteiger partial charge is 0.467 e. The third-order valence-electron chi connectivity index (χ3n) is 5.29. The third-order valence-corrected chi connectivity index (χ3v) is 7.26. The maximum Gasteiger partial charge on any atom is 0.339 e. The van der Waals surface area contributed by atoms with E-state index in [0.29, 0.717) is 11.3 Å². The molecule has 0 N–H and O–H groups in total. The van der Waals surface area contributed by atoms with Crippen LogP contribution in [0.15, 0.2) is 64.1 Å². The van der Waals surface area contributed by atoms with Crippen molar-refractivity contribution < 1.29 is 21.8 Å². The van der Waals surface area contributed by atoms with E-state index in [9.17, 15) is 13.2 Å². The molecule has 0 spiro atoms. The van der Waals surface area contributed by atoms with Crippen LogP contribution >= 0.6 is 23.2 Å². The van der Waals surface area contributed by atoms with E-state index in [-0.39, 0.29) is 39.7 Å². The molecule has 1 aromatic heterocycles. The number of carbonyl (C=O) groups is 1. The van der Waals surface area contributed by atoms with Gasteiger partial charge in [0.15, 0.2) is 0 Å². The molecule has 182 valence electrons. The van der Waals surface area contributed by atoms with Gasteiger partial charge in [-0.1, -0.05) is 29.3 Å². The van der Waals surface area contributed by atoms with Crippen LogP contribution in [-0.2, 0) is 28.0 Å². The molecule has 2 aromatic carbocycles. The number of carbonyl (C=O) groups excluding carboxylic acids is 1. The maximum absolute atomic E-state index is 13.1. The molecule has 1 amide bonds. The Morgan fingerprint density at radius 1 is 1.00 bits per heavy atom. The Morgan fingerprint density at radius 2 is 1.74 bits per heavy atom. The van der Waals surface area contributed by atoms with E-state index in [0.717, 1.165) is 18.8 Å². The summed E-state index contributed by atoms with van der Waals surface area (Å²) in [5.41, 5.74) is 1.33. The summed E-state index contributed by atoms with van der Waals surface area (Å²) in [5.74, 6) is 0.546. The fraction of sp³-hybridized carbons (Fsp3) is 0.292. The molecule has 1 heterocycles. The molecular weight excluding hydrogens is 499 g/mol. The average Bonchev–Trinajstić information content (AvgIpc) is 3.30. The molecule has 0 saturated carbocycles. The molecule has 3 rings (SSSR count). The lowest BCUT2D eigenvalue weighted by atomic mass is 10.1. The van der Waals surface area contributed by atoms with Crippen LogP contribution in [0.5, 0.6) is 5.75 Å². The summed E-state index contributed by atoms with van der Waals surface area (Å²) in [6.45, 7) is 7.27. The fourth-order valence-electron chi connectivity index (χ4n) is 3.41. The summed E-state index contributed by atoms with van der Waals surface area (Å²) in [5, 5.41) is 0.338. The van der Waals surface area contributed by atoms with Crippen molar-refractivity contribution in [2.24, 2.45) is 0 Å². The second-order valence-electron chi connectivity index (χ2n) is 7.53. The summed E-state index contributed by atoms with van der Waals surface area (Å²) >= 11 is 11.9. The number of hydrogen-bond acceptors (Lipinski definition) is 6. The van der Waals surface area contributed by atoms with Crippen LogP contribution in [0.3, 0.4) is 0 Å². The van der Waals surface area contributed by atoms with Crippen molar-refractivity contribution in [2.75, 3.05) is 18.0 Å². The summed E-state index contributed by atoms with van der Waals surface area (Å²) < 4.78 is 37.1. The zero-order valence-electron chi connectivity index (χ0n) is 19.1. The first kappa shape index (κ1) is 25.9. The van der Waals surface area contributed by atoms with Crippen molar-refractivity contribution in [3.8, 4) is 5.75 Å². The van der Waals surface area contributed by atoms with Crippen molar-refractivity contribution in [1.29, 1.82) is 0 Å². The number of furan rings is 1. The Hall–Kier alpha value is -2.68. The molecule has 34 heavy (non-hydrogen) atoms. The van der Waals surface area contributed by atoms with Gasteiger partial charge in [-0.15, -0.1) is 0 Å². The summed E-state index contributed by atoms with van der Waals surface area (Å²) in [6.07, 6.45) is 1.53. The number of halogens is 2. The number of hydrogen-bond donors (Lipinski definition) is 0. The van der Waals surface area contributed by atoms with Crippen LogP contribution in [0.25, 0.3) is 0 Å². The van der Waals surface area contributed by atoms with E-state index < -0.39 is 10.1 Å². The Kier molecular flexibility index (Phi) is 8.52. The van der Waals surface area contributed by atoms with Gasteiger partial charge in [-0.3, -0.25) is 4.79 Å². The lowest BCUT2D eigenvalue weighted by molar-refractivity contribution is -0.130. The van der Waals surface area contributed by atoms with Crippen LogP contribution in [0.2, 0.25) is 10.0 Å². The van der Waals surface area contributed by atoms with Gasteiger partial charge in [-0.05, 0) is 50.2 Å². The molecule has 0 unspecified atom stereocenters. The predicted octanol–water partition coefficient (Wildman–Crippen LogP) is 5.75. The number of amides is 1. The normalized spacial score (nSPS) is 11.3. The first-order valence-corrected chi connectivity index (χ1v) is 12.9. The van der Waals surface area contributed by atoms with E-state index in [4.69, 9.17) is 31.8 Å². The van der Waals surface area contributed by atoms with Gasteiger partial charge in [-0.25, -0.2) is 0 Å². The van der Waals surface area contributed by atoms with E-state index in [1.165, 1.54) is 31.4 Å². The number of benzene rings is 2. The van der Waals surface area contributed by atoms with Crippen molar-refractivity contribution in [3.63, 3.8) is 0 Å². The summed E-state index contributed by atoms with van der Waals surface area (Å²) in [6, 6.07) is 12.8. The molecule has 0 bridgehead atoms. The zero-order valence-corrected chi connectivity index (χ0v) is 21.5. The SMILES string of the molecule is CCN(CC)c1ccc(CN(Cc2ccco2)C(C)=O)c(OS(=O)(=O)c2ccc(Cl)c(Cl)c2)c1. The maximum atomic E-state index is 13.1. The smallest absolute Gasteiger partial charge is 0.339 e. The molecule has 10 heteroatoms. The topological polar surface area (TPSA) is 80.1 Å². The molecule has 0 aliphatic rings. The first-order chi connectivity index (χ1) is 16.1. The highest BCUT2D eigenvalue weighted by Gasteiger charge is 2.23. The minimum atomic E-state index is -4.22. The quantitative estimate of drug-likeness (QED) is 0.314. The molecule has 0 aliphatic carbocycles. The lowest BCUT2D eigenvalue weighted by Gasteiger charge is -2.25. The predicted molar refractivity (Wildman–Crippen MR) is 133 cm³/mol. The Bertz CT molecular complexity index is 1240. The van der Waals surface area contributed by atoms with Gasteiger partial charge in [-0.2, -0.15) is 8.42 Å². The summed E-state index contributed by atoms with van der Waals surface area (Å²) in [4.78, 5) is 15.8. The summed E-state index contributed by atoms with van der Waals surface area (Å²) in [7, 11) is -4.22. The average molecular weight is 525 g/mol. The van der Waals surface area contributed by atoms with Gasteiger partial charge < -0.3 is 18.4 Å². The van der Waals surface area contributed by atoms with E-state index in [1.807, 2.05) is 19.9 Å². The number of nitrogens with zero attached hydrogens (tertiary/aromatic N) is 2. The van der Waals surface area contributed by atoms with Crippen molar-refractivity contribution in [1.82, 2.24) is 4.90 Å². The number of anilines is 1. The van der Waals surface area contributed by atoms with Gasteiger partial charge in [0.25, 0.3) is 0 Å². The molecule has 0 fully saturated rings. The van der Waals surface area contributed by atoms with Crippen molar-refractivity contribution >= 4 is 44.9 Å². The highest BCUT2D eigenvalue weighted by atomic mass is 35.5. The van der Waals surface area contributed by atoms with Gasteiger partial charge in [0.05, 0.1) is 22.9 Å². The van der Waals surface area contributed by atoms with Crippen LogP contribution in [0.1, 0.15) is 32.1 Å². The molecule has 0 saturated heterocycles. The van der Waals surface area contributed by atoms with E-state index in [1.54, 1.807) is 29.2 Å². The van der Waals surface area contributed by atoms with Crippen LogP contribution in [-0.4, -0.2) is 32.3 Å². The minimum Gasteiger partial charge on any atom is -0.467 e. The van der Waals surface area contributed by atoms with Crippen LogP contribution in [0, 0.1) is 0 Å². The molecule has 0 aliphatic heterocycles.